The van der Waals surface area contributed by atoms with Crippen molar-refractivity contribution in [2.75, 3.05) is 7.11 Å². The van der Waals surface area contributed by atoms with E-state index in [-0.39, 0.29) is 0 Å². The van der Waals surface area contributed by atoms with Gasteiger partial charge in [-0.1, -0.05) is 19.8 Å². The Kier molecular flexibility index (Phi) is 5.19. The summed E-state index contributed by atoms with van der Waals surface area (Å²) in [4.78, 5) is 11.3. The normalized spacial score (nSPS) is 11.6. The summed E-state index contributed by atoms with van der Waals surface area (Å²) in [5.74, 6) is -0.970. The number of carboxylic acids is 1. The van der Waals surface area contributed by atoms with E-state index in [1.807, 2.05) is 13.0 Å². The molecular weight excluding hydrogens is 230 g/mol. The zero-order valence-electron chi connectivity index (χ0n) is 10.6. The first-order valence-electron chi connectivity index (χ1n) is 5.94. The van der Waals surface area contributed by atoms with Gasteiger partial charge in [-0.2, -0.15) is 5.26 Å². The molecule has 0 aliphatic heterocycles. The van der Waals surface area contributed by atoms with Gasteiger partial charge in [0.1, 0.15) is 5.75 Å². The number of unbranched alkanes of at least 4 members (excludes halogenated alkanes) is 1. The maximum Gasteiger partial charge on any atom is 0.311 e. The number of carbonyl (C=O) groups is 1. The molecule has 1 rings (SSSR count). The summed E-state index contributed by atoms with van der Waals surface area (Å²) in [6.45, 7) is 2.02. The number of carboxylic acid groups (broad SMARTS) is 1. The summed E-state index contributed by atoms with van der Waals surface area (Å²) < 4.78 is 5.18. The van der Waals surface area contributed by atoms with Crippen LogP contribution in [0.2, 0.25) is 0 Å². The molecule has 1 N–H and O–H groups in total. The van der Waals surface area contributed by atoms with Crippen molar-refractivity contribution in [3.05, 3.63) is 29.3 Å². The molecular formula is C14H17NO3. The second-order valence-corrected chi connectivity index (χ2v) is 4.10. The fourth-order valence-corrected chi connectivity index (χ4v) is 1.90. The number of nitriles is 1. The van der Waals surface area contributed by atoms with Crippen LogP contribution in [0.5, 0.6) is 5.75 Å². The molecule has 0 bridgehead atoms. The molecule has 0 saturated carbocycles. The number of hydrogen-bond acceptors (Lipinski definition) is 3. The number of ether oxygens (including phenoxy) is 1. The first kappa shape index (κ1) is 14.0. The Morgan fingerprint density at radius 2 is 2.28 bits per heavy atom. The van der Waals surface area contributed by atoms with Crippen molar-refractivity contribution in [3.8, 4) is 11.8 Å². The van der Waals surface area contributed by atoms with E-state index in [1.54, 1.807) is 18.2 Å². The smallest absolute Gasteiger partial charge is 0.311 e. The predicted octanol–water partition coefficient (Wildman–Crippen LogP) is 2.93. The highest BCUT2D eigenvalue weighted by Gasteiger charge is 2.23. The van der Waals surface area contributed by atoms with Crippen molar-refractivity contribution in [3.63, 3.8) is 0 Å². The van der Waals surface area contributed by atoms with Gasteiger partial charge in [0.2, 0.25) is 0 Å². The van der Waals surface area contributed by atoms with Gasteiger partial charge in [0.25, 0.3) is 0 Å². The Morgan fingerprint density at radius 1 is 1.56 bits per heavy atom. The lowest BCUT2D eigenvalue weighted by atomic mass is 9.92. The Morgan fingerprint density at radius 3 is 2.78 bits per heavy atom. The van der Waals surface area contributed by atoms with Crippen molar-refractivity contribution in [2.24, 2.45) is 0 Å². The van der Waals surface area contributed by atoms with Crippen LogP contribution in [-0.4, -0.2) is 18.2 Å². The SMILES string of the molecule is CCCCC(C(=O)O)c1cc(C#N)ccc1OC. The van der Waals surface area contributed by atoms with Crippen molar-refractivity contribution >= 4 is 5.97 Å². The lowest BCUT2D eigenvalue weighted by Gasteiger charge is -2.16. The molecule has 18 heavy (non-hydrogen) atoms. The minimum atomic E-state index is -0.878. The van der Waals surface area contributed by atoms with Gasteiger partial charge in [-0.3, -0.25) is 4.79 Å². The Labute approximate surface area is 107 Å². The van der Waals surface area contributed by atoms with E-state index in [9.17, 15) is 9.90 Å². The predicted molar refractivity (Wildman–Crippen MR) is 67.6 cm³/mol. The maximum atomic E-state index is 11.3. The molecule has 0 fully saturated rings. The lowest BCUT2D eigenvalue weighted by Crippen LogP contribution is -2.13. The largest absolute Gasteiger partial charge is 0.496 e. The lowest BCUT2D eigenvalue weighted by molar-refractivity contribution is -0.139. The van der Waals surface area contributed by atoms with Crippen molar-refractivity contribution in [2.45, 2.75) is 32.1 Å². The van der Waals surface area contributed by atoms with E-state index in [1.165, 1.54) is 7.11 Å². The molecule has 0 heterocycles. The topological polar surface area (TPSA) is 70.3 Å². The van der Waals surface area contributed by atoms with E-state index in [0.29, 0.717) is 23.3 Å². The quantitative estimate of drug-likeness (QED) is 0.839. The van der Waals surface area contributed by atoms with Gasteiger partial charge in [0.05, 0.1) is 24.7 Å². The summed E-state index contributed by atoms with van der Waals surface area (Å²) in [5, 5.41) is 18.2. The molecule has 4 nitrogen and oxygen atoms in total. The number of aliphatic carboxylic acids is 1. The van der Waals surface area contributed by atoms with Crippen molar-refractivity contribution in [1.29, 1.82) is 5.26 Å². The van der Waals surface area contributed by atoms with E-state index in [4.69, 9.17) is 10.00 Å². The van der Waals surface area contributed by atoms with Gasteiger partial charge >= 0.3 is 5.97 Å². The Hall–Kier alpha value is -2.02. The van der Waals surface area contributed by atoms with Crippen LogP contribution in [0, 0.1) is 11.3 Å². The number of benzene rings is 1. The summed E-state index contributed by atoms with van der Waals surface area (Å²) in [5.41, 5.74) is 1.03. The summed E-state index contributed by atoms with van der Waals surface area (Å²) in [6.07, 6.45) is 2.32. The fraction of sp³-hybridized carbons (Fsp3) is 0.429. The second kappa shape index (κ2) is 6.65. The Balaban J connectivity index is 3.16. The van der Waals surface area contributed by atoms with Crippen LogP contribution in [0.25, 0.3) is 0 Å². The van der Waals surface area contributed by atoms with Crippen LogP contribution in [0.4, 0.5) is 0 Å². The average molecular weight is 247 g/mol. The minimum Gasteiger partial charge on any atom is -0.496 e. The van der Waals surface area contributed by atoms with Crippen LogP contribution >= 0.6 is 0 Å². The molecule has 0 aromatic heterocycles. The van der Waals surface area contributed by atoms with Crippen molar-refractivity contribution < 1.29 is 14.6 Å². The zero-order chi connectivity index (χ0) is 13.5. The third-order valence-corrected chi connectivity index (χ3v) is 2.88. The van der Waals surface area contributed by atoms with E-state index in [0.717, 1.165) is 12.8 Å². The highest BCUT2D eigenvalue weighted by atomic mass is 16.5. The monoisotopic (exact) mass is 247 g/mol. The van der Waals surface area contributed by atoms with Crippen LogP contribution in [0.15, 0.2) is 18.2 Å². The highest BCUT2D eigenvalue weighted by molar-refractivity contribution is 5.77. The van der Waals surface area contributed by atoms with Gasteiger partial charge < -0.3 is 9.84 Å². The molecule has 1 aromatic rings. The van der Waals surface area contributed by atoms with Gasteiger partial charge in [-0.05, 0) is 24.6 Å². The summed E-state index contributed by atoms with van der Waals surface area (Å²) >= 11 is 0. The molecule has 0 amide bonds. The maximum absolute atomic E-state index is 11.3. The zero-order valence-corrected chi connectivity index (χ0v) is 10.6. The van der Waals surface area contributed by atoms with Crippen LogP contribution < -0.4 is 4.74 Å². The number of hydrogen-bond donors (Lipinski definition) is 1. The van der Waals surface area contributed by atoms with Gasteiger partial charge in [-0.25, -0.2) is 0 Å². The molecule has 0 aliphatic carbocycles. The van der Waals surface area contributed by atoms with Gasteiger partial charge in [0.15, 0.2) is 0 Å². The molecule has 1 atom stereocenters. The molecule has 0 aliphatic rings. The number of nitrogens with zero attached hydrogens (tertiary/aromatic N) is 1. The molecule has 1 aromatic carbocycles. The average Bonchev–Trinajstić information content (AvgIpc) is 2.38. The van der Waals surface area contributed by atoms with Crippen LogP contribution in [0.1, 0.15) is 43.2 Å². The molecule has 96 valence electrons. The minimum absolute atomic E-state index is 0.452. The second-order valence-electron chi connectivity index (χ2n) is 4.10. The Bertz CT molecular complexity index is 463. The van der Waals surface area contributed by atoms with Crippen molar-refractivity contribution in [1.82, 2.24) is 0 Å². The highest BCUT2D eigenvalue weighted by Crippen LogP contribution is 2.31. The number of methoxy groups -OCH3 is 1. The third kappa shape index (κ3) is 3.24. The number of rotatable bonds is 6. The van der Waals surface area contributed by atoms with Crippen LogP contribution in [0.3, 0.4) is 0 Å². The molecule has 0 radical (unpaired) electrons. The van der Waals surface area contributed by atoms with E-state index < -0.39 is 11.9 Å². The molecule has 0 spiro atoms. The summed E-state index contributed by atoms with van der Waals surface area (Å²) in [6, 6.07) is 6.90. The van der Waals surface area contributed by atoms with E-state index >= 15 is 0 Å². The molecule has 1 unspecified atom stereocenters. The standard InChI is InChI=1S/C14H17NO3/c1-3-4-5-11(14(16)17)12-8-10(9-15)6-7-13(12)18-2/h6-8,11H,3-5H2,1-2H3,(H,16,17). The molecule has 0 saturated heterocycles. The third-order valence-electron chi connectivity index (χ3n) is 2.88. The van der Waals surface area contributed by atoms with Gasteiger partial charge in [0, 0.05) is 5.56 Å². The fourth-order valence-electron chi connectivity index (χ4n) is 1.90. The van der Waals surface area contributed by atoms with E-state index in [2.05, 4.69) is 0 Å². The first-order valence-corrected chi connectivity index (χ1v) is 5.94. The first-order chi connectivity index (χ1) is 8.63. The van der Waals surface area contributed by atoms with Crippen LogP contribution in [-0.2, 0) is 4.79 Å². The summed E-state index contributed by atoms with van der Waals surface area (Å²) in [7, 11) is 1.50. The molecule has 4 heteroatoms. The van der Waals surface area contributed by atoms with Gasteiger partial charge in [-0.15, -0.1) is 0 Å².